The van der Waals surface area contributed by atoms with E-state index in [1.807, 2.05) is 12.1 Å². The van der Waals surface area contributed by atoms with Crippen LogP contribution in [0.5, 0.6) is 0 Å². The van der Waals surface area contributed by atoms with Crippen LogP contribution in [0.3, 0.4) is 0 Å². The Kier molecular flexibility index (Phi) is 9.46. The summed E-state index contributed by atoms with van der Waals surface area (Å²) in [4.78, 5) is 4.90. The first-order valence-electron chi connectivity index (χ1n) is 27.2. The second-order valence-corrected chi connectivity index (χ2v) is 21.9. The van der Waals surface area contributed by atoms with Gasteiger partial charge in [0, 0.05) is 53.9 Å². The van der Waals surface area contributed by atoms with Crippen molar-refractivity contribution in [1.29, 1.82) is 0 Å². The highest BCUT2D eigenvalue weighted by Crippen LogP contribution is 2.56. The third-order valence-corrected chi connectivity index (χ3v) is 16.8. The molecule has 0 spiro atoms. The summed E-state index contributed by atoms with van der Waals surface area (Å²) >= 11 is 0. The smallest absolute Gasteiger partial charge is 0.159 e. The van der Waals surface area contributed by atoms with E-state index in [2.05, 4.69) is 233 Å². The Morgan fingerprint density at radius 3 is 0.962 bits per heavy atom. The van der Waals surface area contributed by atoms with Gasteiger partial charge in [0.2, 0.25) is 0 Å². The molecule has 0 unspecified atom stereocenters. The molecule has 16 rings (SSSR count). The Bertz CT molecular complexity index is 4840. The van der Waals surface area contributed by atoms with Gasteiger partial charge in [0.05, 0.1) is 34.1 Å². The molecule has 12 aromatic carbocycles. The van der Waals surface area contributed by atoms with Crippen LogP contribution in [0.4, 0.5) is 34.1 Å². The molecule has 0 amide bonds. The maximum atomic E-state index is 7.05. The lowest BCUT2D eigenvalue weighted by atomic mass is 9.84. The summed E-state index contributed by atoms with van der Waals surface area (Å²) in [5, 5.41) is 15.7. The molecule has 0 radical (unpaired) electrons. The summed E-state index contributed by atoms with van der Waals surface area (Å²) in [6.07, 6.45) is 0. The van der Waals surface area contributed by atoms with Gasteiger partial charge in [-0.2, -0.15) is 0 Å². The first-order valence-corrected chi connectivity index (χ1v) is 27.2. The van der Waals surface area contributed by atoms with Crippen molar-refractivity contribution in [3.63, 3.8) is 0 Å². The summed E-state index contributed by atoms with van der Waals surface area (Å²) in [6.45, 7) is 13.7. The van der Waals surface area contributed by atoms with Gasteiger partial charge in [-0.15, -0.1) is 0 Å². The van der Waals surface area contributed by atoms with Gasteiger partial charge < -0.3 is 27.5 Å². The van der Waals surface area contributed by atoms with Gasteiger partial charge in [0.1, 0.15) is 22.3 Å². The highest BCUT2D eigenvalue weighted by Gasteiger charge is 2.32. The molecule has 0 aliphatic rings. The molecular formula is C72H52N2O4. The number of aryl methyl sites for hydroxylation is 2. The van der Waals surface area contributed by atoms with Gasteiger partial charge in [-0.1, -0.05) is 173 Å². The van der Waals surface area contributed by atoms with Crippen LogP contribution in [0.1, 0.15) is 61.8 Å². The number of rotatable bonds is 8. The lowest BCUT2D eigenvalue weighted by Crippen LogP contribution is -2.15. The minimum absolute atomic E-state index is 0.166. The van der Waals surface area contributed by atoms with Crippen molar-refractivity contribution in [2.45, 2.75) is 53.4 Å². The molecule has 0 aliphatic heterocycles. The number of fused-ring (bicyclic) bond motifs is 12. The van der Waals surface area contributed by atoms with Crippen LogP contribution in [-0.4, -0.2) is 0 Å². The number of anilines is 6. The predicted molar refractivity (Wildman–Crippen MR) is 326 cm³/mol. The fourth-order valence-corrected chi connectivity index (χ4v) is 13.2. The van der Waals surface area contributed by atoms with Crippen LogP contribution in [-0.2, 0) is 0 Å². The van der Waals surface area contributed by atoms with E-state index in [4.69, 9.17) is 17.7 Å². The Morgan fingerprint density at radius 1 is 0.282 bits per heavy atom. The molecule has 6 nitrogen and oxygen atoms in total. The summed E-state index contributed by atoms with van der Waals surface area (Å²) in [5.41, 5.74) is 17.3. The van der Waals surface area contributed by atoms with Gasteiger partial charge in [0.25, 0.3) is 0 Å². The van der Waals surface area contributed by atoms with E-state index in [1.165, 1.54) is 32.7 Å². The minimum Gasteiger partial charge on any atom is -0.454 e. The maximum Gasteiger partial charge on any atom is 0.159 e. The molecule has 0 N–H and O–H groups in total. The second-order valence-electron chi connectivity index (χ2n) is 21.9. The molecule has 16 aromatic rings. The van der Waals surface area contributed by atoms with E-state index in [-0.39, 0.29) is 11.8 Å². The van der Waals surface area contributed by atoms with Crippen LogP contribution >= 0.6 is 0 Å². The standard InChI is InChI=1S/C72H52N2O4/c1-39(2)55-37-59(73(57-23-15-21-49-43-17-7-11-25-61(43)75-69(49)57)67-41(5)29-31-51-45-19-9-13-27-63(45)77-71(51)67)53-36-34-48-56(40(3)4)38-60(54-35-33-47(55)65(53)66(48)54)74(58-24-16-22-50-44-18-8-12-26-62(44)76-70(50)58)68-42(6)30-32-52-46-20-10-14-28-64(46)78-72(52)68/h7-40H,1-6H3. The quantitative estimate of drug-likeness (QED) is 0.141. The molecule has 0 fully saturated rings. The molecule has 0 saturated heterocycles. The van der Waals surface area contributed by atoms with E-state index >= 15 is 0 Å². The molecule has 0 saturated carbocycles. The zero-order chi connectivity index (χ0) is 52.2. The van der Waals surface area contributed by atoms with E-state index in [0.717, 1.165) is 144 Å². The van der Waals surface area contributed by atoms with Crippen molar-refractivity contribution in [3.05, 3.63) is 216 Å². The van der Waals surface area contributed by atoms with E-state index in [0.29, 0.717) is 0 Å². The number of benzene rings is 12. The SMILES string of the molecule is Cc1ccc2c(oc3ccccc32)c1N(c1cc(C(C)C)c2ccc3c(N(c4cccc5c4oc4ccccc45)c4c(C)ccc5c4oc4ccccc45)cc(C(C)C)c4ccc1c2c43)c1cccc2c1oc1ccccc12. The average molecular weight is 1010 g/mol. The molecular weight excluding hydrogens is 957 g/mol. The van der Waals surface area contributed by atoms with Crippen molar-refractivity contribution in [1.82, 2.24) is 0 Å². The molecule has 0 atom stereocenters. The Morgan fingerprint density at radius 2 is 0.590 bits per heavy atom. The fraction of sp³-hybridized carbons (Fsp3) is 0.111. The molecule has 78 heavy (non-hydrogen) atoms. The monoisotopic (exact) mass is 1010 g/mol. The predicted octanol–water partition coefficient (Wildman–Crippen LogP) is 22.0. The van der Waals surface area contributed by atoms with Crippen molar-refractivity contribution in [2.75, 3.05) is 9.80 Å². The summed E-state index contributed by atoms with van der Waals surface area (Å²) in [5.74, 6) is 0.333. The normalized spacial score (nSPS) is 12.5. The van der Waals surface area contributed by atoms with E-state index in [9.17, 15) is 0 Å². The van der Waals surface area contributed by atoms with Crippen LogP contribution in [0, 0.1) is 13.8 Å². The summed E-state index contributed by atoms with van der Waals surface area (Å²) in [6, 6.07) is 69.9. The molecule has 4 heterocycles. The zero-order valence-corrected chi connectivity index (χ0v) is 44.2. The first-order chi connectivity index (χ1) is 38.2. The fourth-order valence-electron chi connectivity index (χ4n) is 13.2. The maximum absolute atomic E-state index is 7.05. The largest absolute Gasteiger partial charge is 0.454 e. The highest BCUT2D eigenvalue weighted by atomic mass is 16.3. The van der Waals surface area contributed by atoms with Gasteiger partial charge in [-0.25, -0.2) is 0 Å². The Balaban J connectivity index is 1.07. The first kappa shape index (κ1) is 44.7. The van der Waals surface area contributed by atoms with Crippen LogP contribution in [0.25, 0.3) is 120 Å². The zero-order valence-electron chi connectivity index (χ0n) is 44.2. The van der Waals surface area contributed by atoms with Gasteiger partial charge >= 0.3 is 0 Å². The van der Waals surface area contributed by atoms with Crippen molar-refractivity contribution in [3.8, 4) is 0 Å². The van der Waals surface area contributed by atoms with E-state index in [1.54, 1.807) is 0 Å². The van der Waals surface area contributed by atoms with Crippen molar-refractivity contribution in [2.24, 2.45) is 0 Å². The van der Waals surface area contributed by atoms with Crippen molar-refractivity contribution >= 4 is 154 Å². The Hall–Kier alpha value is -9.52. The van der Waals surface area contributed by atoms with Crippen LogP contribution < -0.4 is 9.80 Å². The third-order valence-electron chi connectivity index (χ3n) is 16.8. The minimum atomic E-state index is 0.166. The van der Waals surface area contributed by atoms with Gasteiger partial charge in [0.15, 0.2) is 22.3 Å². The molecule has 0 bridgehead atoms. The number of furan rings is 4. The molecule has 6 heteroatoms. The average Bonchev–Trinajstić information content (AvgIpc) is 4.37. The van der Waals surface area contributed by atoms with Crippen LogP contribution in [0.2, 0.25) is 0 Å². The summed E-state index contributed by atoms with van der Waals surface area (Å²) in [7, 11) is 0. The molecule has 374 valence electrons. The number of hydrogen-bond donors (Lipinski definition) is 0. The molecule has 0 aliphatic carbocycles. The topological polar surface area (TPSA) is 59.0 Å². The highest BCUT2D eigenvalue weighted by molar-refractivity contribution is 6.31. The number of hydrogen-bond acceptors (Lipinski definition) is 6. The van der Waals surface area contributed by atoms with E-state index < -0.39 is 0 Å². The number of nitrogens with zero attached hydrogens (tertiary/aromatic N) is 2. The lowest BCUT2D eigenvalue weighted by molar-refractivity contribution is 0.665. The van der Waals surface area contributed by atoms with Gasteiger partial charge in [-0.05, 0) is 118 Å². The van der Waals surface area contributed by atoms with Gasteiger partial charge in [-0.3, -0.25) is 0 Å². The molecule has 4 aromatic heterocycles. The Labute approximate surface area is 449 Å². The lowest BCUT2D eigenvalue weighted by Gasteiger charge is -2.32. The second kappa shape index (κ2) is 16.5. The van der Waals surface area contributed by atoms with Crippen molar-refractivity contribution < 1.29 is 17.7 Å². The summed E-state index contributed by atoms with van der Waals surface area (Å²) < 4.78 is 28.1. The number of para-hydroxylation sites is 6. The van der Waals surface area contributed by atoms with Crippen LogP contribution in [0.15, 0.2) is 212 Å². The third kappa shape index (κ3) is 6.20.